The highest BCUT2D eigenvalue weighted by Crippen LogP contribution is 2.31. The summed E-state index contributed by atoms with van der Waals surface area (Å²) in [6.45, 7) is 4.23. The zero-order valence-corrected chi connectivity index (χ0v) is 13.1. The summed E-state index contributed by atoms with van der Waals surface area (Å²) in [7, 11) is 0. The first-order chi connectivity index (χ1) is 10.2. The molecule has 0 amide bonds. The van der Waals surface area contributed by atoms with Crippen LogP contribution in [0.15, 0.2) is 0 Å². The summed E-state index contributed by atoms with van der Waals surface area (Å²) in [5, 5.41) is 12.8. The van der Waals surface area contributed by atoms with Gasteiger partial charge in [0.25, 0.3) is 0 Å². The summed E-state index contributed by atoms with van der Waals surface area (Å²) in [4.78, 5) is 11.7. The standard InChI is InChI=1S/C16H29NO4/c1-2-9-17-16(15(18)19)8-5-7-13(11-16)21-12-14-6-3-4-10-20-14/h13-14,17H,2-12H2,1H3,(H,18,19). The van der Waals surface area contributed by atoms with Crippen LogP contribution in [0.1, 0.15) is 58.3 Å². The van der Waals surface area contributed by atoms with Crippen molar-refractivity contribution >= 4 is 5.97 Å². The molecule has 3 atom stereocenters. The van der Waals surface area contributed by atoms with Crippen LogP contribution in [-0.4, -0.2) is 48.6 Å². The Kier molecular flexibility index (Phi) is 6.45. The van der Waals surface area contributed by atoms with Gasteiger partial charge in [-0.25, -0.2) is 0 Å². The maximum absolute atomic E-state index is 11.7. The van der Waals surface area contributed by atoms with Gasteiger partial charge in [-0.2, -0.15) is 0 Å². The Morgan fingerprint density at radius 1 is 1.38 bits per heavy atom. The van der Waals surface area contributed by atoms with Crippen LogP contribution in [0.5, 0.6) is 0 Å². The molecule has 3 unspecified atom stereocenters. The Hall–Kier alpha value is -0.650. The SMILES string of the molecule is CCCNC1(C(=O)O)CCCC(OCC2CCCCO2)C1. The molecule has 1 aliphatic heterocycles. The van der Waals surface area contributed by atoms with Gasteiger partial charge in [-0.1, -0.05) is 6.92 Å². The first-order valence-electron chi connectivity index (χ1n) is 8.38. The molecule has 0 aromatic carbocycles. The first kappa shape index (κ1) is 16.7. The van der Waals surface area contributed by atoms with Crippen LogP contribution in [0.3, 0.4) is 0 Å². The van der Waals surface area contributed by atoms with E-state index in [-0.39, 0.29) is 12.2 Å². The molecule has 0 radical (unpaired) electrons. The van der Waals surface area contributed by atoms with E-state index in [2.05, 4.69) is 12.2 Å². The number of carboxylic acid groups (broad SMARTS) is 1. The average Bonchev–Trinajstić information content (AvgIpc) is 2.52. The van der Waals surface area contributed by atoms with Crippen molar-refractivity contribution in [3.63, 3.8) is 0 Å². The van der Waals surface area contributed by atoms with Crippen molar-refractivity contribution in [2.24, 2.45) is 0 Å². The van der Waals surface area contributed by atoms with Crippen LogP contribution < -0.4 is 5.32 Å². The quantitative estimate of drug-likeness (QED) is 0.755. The summed E-state index contributed by atoms with van der Waals surface area (Å²) in [6.07, 6.45) is 7.69. The zero-order valence-electron chi connectivity index (χ0n) is 13.1. The van der Waals surface area contributed by atoms with Crippen LogP contribution in [0.2, 0.25) is 0 Å². The zero-order chi connectivity index (χ0) is 15.1. The molecule has 5 nitrogen and oxygen atoms in total. The Morgan fingerprint density at radius 2 is 2.24 bits per heavy atom. The fourth-order valence-electron chi connectivity index (χ4n) is 3.34. The molecule has 1 aliphatic carbocycles. The Balaban J connectivity index is 1.84. The fraction of sp³-hybridized carbons (Fsp3) is 0.938. The summed E-state index contributed by atoms with van der Waals surface area (Å²) >= 11 is 0. The molecule has 5 heteroatoms. The van der Waals surface area contributed by atoms with Crippen LogP contribution in [0.25, 0.3) is 0 Å². The molecular weight excluding hydrogens is 270 g/mol. The van der Waals surface area contributed by atoms with Crippen molar-refractivity contribution in [3.8, 4) is 0 Å². The third-order valence-electron chi connectivity index (χ3n) is 4.62. The van der Waals surface area contributed by atoms with Crippen LogP contribution in [0, 0.1) is 0 Å². The average molecular weight is 299 g/mol. The van der Waals surface area contributed by atoms with Gasteiger partial charge >= 0.3 is 5.97 Å². The van der Waals surface area contributed by atoms with Crippen molar-refractivity contribution in [1.29, 1.82) is 0 Å². The number of carbonyl (C=O) groups is 1. The van der Waals surface area contributed by atoms with Gasteiger partial charge in [-0.15, -0.1) is 0 Å². The topological polar surface area (TPSA) is 67.8 Å². The lowest BCUT2D eigenvalue weighted by atomic mass is 9.80. The van der Waals surface area contributed by atoms with Crippen molar-refractivity contribution in [2.45, 2.75) is 76.0 Å². The molecule has 0 aromatic rings. The molecule has 0 aromatic heterocycles. The van der Waals surface area contributed by atoms with E-state index in [1.807, 2.05) is 0 Å². The Labute approximate surface area is 127 Å². The Bertz CT molecular complexity index is 330. The lowest BCUT2D eigenvalue weighted by Gasteiger charge is -2.38. The Morgan fingerprint density at radius 3 is 2.90 bits per heavy atom. The highest BCUT2D eigenvalue weighted by atomic mass is 16.5. The second-order valence-corrected chi connectivity index (χ2v) is 6.35. The van der Waals surface area contributed by atoms with Crippen molar-refractivity contribution in [3.05, 3.63) is 0 Å². The molecule has 1 saturated heterocycles. The summed E-state index contributed by atoms with van der Waals surface area (Å²) in [5.41, 5.74) is -0.799. The fourth-order valence-corrected chi connectivity index (χ4v) is 3.34. The lowest BCUT2D eigenvalue weighted by molar-refractivity contribution is -0.150. The van der Waals surface area contributed by atoms with E-state index >= 15 is 0 Å². The molecule has 122 valence electrons. The minimum atomic E-state index is -0.799. The summed E-state index contributed by atoms with van der Waals surface area (Å²) in [6, 6.07) is 0. The monoisotopic (exact) mass is 299 g/mol. The number of hydrogen-bond donors (Lipinski definition) is 2. The smallest absolute Gasteiger partial charge is 0.323 e. The maximum atomic E-state index is 11.7. The number of hydrogen-bond acceptors (Lipinski definition) is 4. The van der Waals surface area contributed by atoms with E-state index in [0.717, 1.165) is 45.3 Å². The van der Waals surface area contributed by atoms with E-state index in [4.69, 9.17) is 9.47 Å². The minimum Gasteiger partial charge on any atom is -0.480 e. The molecule has 2 N–H and O–H groups in total. The molecule has 1 saturated carbocycles. The van der Waals surface area contributed by atoms with Crippen LogP contribution >= 0.6 is 0 Å². The third kappa shape index (κ3) is 4.66. The normalized spacial score (nSPS) is 33.8. The molecular formula is C16H29NO4. The van der Waals surface area contributed by atoms with E-state index in [1.54, 1.807) is 0 Å². The van der Waals surface area contributed by atoms with Crippen molar-refractivity contribution < 1.29 is 19.4 Å². The van der Waals surface area contributed by atoms with E-state index in [1.165, 1.54) is 6.42 Å². The van der Waals surface area contributed by atoms with Crippen molar-refractivity contribution in [2.75, 3.05) is 19.8 Å². The molecule has 21 heavy (non-hydrogen) atoms. The molecule has 2 rings (SSSR count). The van der Waals surface area contributed by atoms with Gasteiger partial charge in [0, 0.05) is 13.0 Å². The molecule has 0 bridgehead atoms. The van der Waals surface area contributed by atoms with Gasteiger partial charge in [0.2, 0.25) is 0 Å². The predicted octanol–water partition coefficient (Wildman–Crippen LogP) is 2.34. The maximum Gasteiger partial charge on any atom is 0.323 e. The summed E-state index contributed by atoms with van der Waals surface area (Å²) in [5.74, 6) is -0.738. The number of rotatable bonds is 7. The van der Waals surface area contributed by atoms with Gasteiger partial charge in [-0.05, 0) is 51.5 Å². The molecule has 0 spiro atoms. The molecule has 2 fully saturated rings. The lowest BCUT2D eigenvalue weighted by Crippen LogP contribution is -2.56. The summed E-state index contributed by atoms with van der Waals surface area (Å²) < 4.78 is 11.7. The van der Waals surface area contributed by atoms with Gasteiger partial charge in [0.05, 0.1) is 18.8 Å². The number of nitrogens with one attached hydrogen (secondary N) is 1. The predicted molar refractivity (Wildman–Crippen MR) is 80.5 cm³/mol. The molecule has 2 aliphatic rings. The molecule has 1 heterocycles. The number of carboxylic acids is 1. The minimum absolute atomic E-state index is 0.0322. The van der Waals surface area contributed by atoms with Crippen LogP contribution in [0.4, 0.5) is 0 Å². The third-order valence-corrected chi connectivity index (χ3v) is 4.62. The number of aliphatic carboxylic acids is 1. The van der Waals surface area contributed by atoms with E-state index < -0.39 is 11.5 Å². The highest BCUT2D eigenvalue weighted by molar-refractivity contribution is 5.79. The second kappa shape index (κ2) is 8.11. The van der Waals surface area contributed by atoms with E-state index in [0.29, 0.717) is 19.4 Å². The van der Waals surface area contributed by atoms with Gasteiger partial charge in [0.15, 0.2) is 0 Å². The van der Waals surface area contributed by atoms with Crippen molar-refractivity contribution in [1.82, 2.24) is 5.32 Å². The van der Waals surface area contributed by atoms with Gasteiger partial charge in [-0.3, -0.25) is 4.79 Å². The second-order valence-electron chi connectivity index (χ2n) is 6.35. The highest BCUT2D eigenvalue weighted by Gasteiger charge is 2.42. The van der Waals surface area contributed by atoms with Gasteiger partial charge < -0.3 is 19.9 Å². The number of ether oxygens (including phenoxy) is 2. The van der Waals surface area contributed by atoms with Crippen LogP contribution in [-0.2, 0) is 14.3 Å². The van der Waals surface area contributed by atoms with Gasteiger partial charge in [0.1, 0.15) is 5.54 Å². The largest absolute Gasteiger partial charge is 0.480 e. The van der Waals surface area contributed by atoms with E-state index in [9.17, 15) is 9.90 Å². The first-order valence-corrected chi connectivity index (χ1v) is 8.38.